The highest BCUT2D eigenvalue weighted by molar-refractivity contribution is 5.82. The summed E-state index contributed by atoms with van der Waals surface area (Å²) in [6, 6.07) is 11.4. The number of rotatable bonds is 8. The number of nitrogens with one attached hydrogen (secondary N) is 4. The van der Waals surface area contributed by atoms with Gasteiger partial charge in [-0.25, -0.2) is 4.68 Å². The average Bonchev–Trinajstić information content (AvgIpc) is 3.47. The molecule has 4 aromatic rings. The van der Waals surface area contributed by atoms with Gasteiger partial charge in [-0.3, -0.25) is 9.89 Å². The number of hydrogen-bond donors (Lipinski definition) is 4. The summed E-state index contributed by atoms with van der Waals surface area (Å²) in [5.41, 5.74) is 2.60. The van der Waals surface area contributed by atoms with Crippen molar-refractivity contribution in [1.29, 1.82) is 0 Å². The second-order valence-corrected chi connectivity index (χ2v) is 7.76. The predicted molar refractivity (Wildman–Crippen MR) is 134 cm³/mol. The van der Waals surface area contributed by atoms with E-state index in [2.05, 4.69) is 36.2 Å². The van der Waals surface area contributed by atoms with Crippen molar-refractivity contribution < 1.29 is 14.3 Å². The van der Waals surface area contributed by atoms with Crippen LogP contribution in [-0.2, 0) is 11.8 Å². The van der Waals surface area contributed by atoms with Crippen molar-refractivity contribution in [2.24, 2.45) is 7.05 Å². The first-order valence-electron chi connectivity index (χ1n) is 11.5. The number of ether oxygens (including phenoxy) is 2. The molecular weight excluding hydrogens is 448 g/mol. The van der Waals surface area contributed by atoms with E-state index in [4.69, 9.17) is 9.47 Å². The molecule has 0 atom stereocenters. The number of anilines is 2. The second kappa shape index (κ2) is 10.9. The molecule has 0 radical (unpaired) electrons. The zero-order valence-electron chi connectivity index (χ0n) is 20.3. The van der Waals surface area contributed by atoms with E-state index in [0.717, 1.165) is 35.2 Å². The molecule has 35 heavy (non-hydrogen) atoms. The highest BCUT2D eigenvalue weighted by Crippen LogP contribution is 2.32. The molecule has 11 heteroatoms. The minimum absolute atomic E-state index is 0.0802. The number of aryl methyl sites for hydroxylation is 1. The van der Waals surface area contributed by atoms with Crippen molar-refractivity contribution in [3.05, 3.63) is 42.6 Å². The van der Waals surface area contributed by atoms with E-state index in [9.17, 15) is 4.79 Å². The molecule has 1 aliphatic rings. The zero-order chi connectivity index (χ0) is 24.8. The Labute approximate surface area is 203 Å². The SMILES string of the molecule is CC.COc1cc(-c2nc(Nc3ccc4[nH]ncc4c3)n(C)n2)ccc1OCC(=O)NC1CNC1. The topological polar surface area (TPSA) is 131 Å². The van der Waals surface area contributed by atoms with Crippen LogP contribution in [0.1, 0.15) is 13.8 Å². The number of H-pyrrole nitrogens is 1. The third kappa shape index (κ3) is 5.52. The normalized spacial score (nSPS) is 12.9. The second-order valence-electron chi connectivity index (χ2n) is 7.76. The summed E-state index contributed by atoms with van der Waals surface area (Å²) in [6.45, 7) is 5.49. The maximum Gasteiger partial charge on any atom is 0.258 e. The lowest BCUT2D eigenvalue weighted by Gasteiger charge is -2.27. The van der Waals surface area contributed by atoms with Gasteiger partial charge in [0.05, 0.1) is 24.9 Å². The summed E-state index contributed by atoms with van der Waals surface area (Å²) in [6.07, 6.45) is 1.77. The molecule has 5 rings (SSSR count). The highest BCUT2D eigenvalue weighted by Gasteiger charge is 2.19. The lowest BCUT2D eigenvalue weighted by atomic mass is 10.2. The van der Waals surface area contributed by atoms with Crippen LogP contribution in [0, 0.1) is 0 Å². The number of benzene rings is 2. The molecular formula is C24H30N8O3. The fourth-order valence-electron chi connectivity index (χ4n) is 3.49. The quantitative estimate of drug-likeness (QED) is 0.304. The number of aromatic nitrogens is 5. The Bertz CT molecular complexity index is 1300. The number of hydrogen-bond acceptors (Lipinski definition) is 8. The Balaban J connectivity index is 0.00000141. The molecule has 3 heterocycles. The van der Waals surface area contributed by atoms with E-state index >= 15 is 0 Å². The summed E-state index contributed by atoms with van der Waals surface area (Å²) in [5.74, 6) is 1.94. The number of aromatic amines is 1. The average molecular weight is 479 g/mol. The molecule has 1 aliphatic heterocycles. The molecule has 184 valence electrons. The molecule has 2 aromatic heterocycles. The van der Waals surface area contributed by atoms with Crippen LogP contribution in [0.25, 0.3) is 22.3 Å². The summed E-state index contributed by atoms with van der Waals surface area (Å²) in [7, 11) is 3.37. The van der Waals surface area contributed by atoms with Crippen molar-refractivity contribution in [3.8, 4) is 22.9 Å². The molecule has 4 N–H and O–H groups in total. The van der Waals surface area contributed by atoms with Gasteiger partial charge in [0.2, 0.25) is 5.95 Å². The molecule has 0 aliphatic carbocycles. The smallest absolute Gasteiger partial charge is 0.258 e. The van der Waals surface area contributed by atoms with Crippen LogP contribution >= 0.6 is 0 Å². The molecule has 1 saturated heterocycles. The van der Waals surface area contributed by atoms with E-state index in [1.54, 1.807) is 30.1 Å². The first-order chi connectivity index (χ1) is 17.1. The molecule has 0 unspecified atom stereocenters. The summed E-state index contributed by atoms with van der Waals surface area (Å²) < 4.78 is 12.8. The summed E-state index contributed by atoms with van der Waals surface area (Å²) >= 11 is 0. The van der Waals surface area contributed by atoms with Crippen molar-refractivity contribution in [2.75, 3.05) is 32.1 Å². The first kappa shape index (κ1) is 24.0. The minimum atomic E-state index is -0.164. The van der Waals surface area contributed by atoms with Crippen LogP contribution in [0.4, 0.5) is 11.6 Å². The van der Waals surface area contributed by atoms with Crippen LogP contribution in [0.2, 0.25) is 0 Å². The van der Waals surface area contributed by atoms with Gasteiger partial charge in [-0.15, -0.1) is 5.10 Å². The van der Waals surface area contributed by atoms with Gasteiger partial charge in [-0.05, 0) is 36.4 Å². The number of carbonyl (C=O) groups excluding carboxylic acids is 1. The lowest BCUT2D eigenvalue weighted by Crippen LogP contribution is -2.57. The molecule has 11 nitrogen and oxygen atoms in total. The predicted octanol–water partition coefficient (Wildman–Crippen LogP) is 2.60. The molecule has 2 aromatic carbocycles. The fraction of sp³-hybridized carbons (Fsp3) is 0.333. The molecule has 0 bridgehead atoms. The van der Waals surface area contributed by atoms with Crippen molar-refractivity contribution in [2.45, 2.75) is 19.9 Å². The van der Waals surface area contributed by atoms with E-state index in [-0.39, 0.29) is 18.6 Å². The van der Waals surface area contributed by atoms with E-state index in [0.29, 0.717) is 23.3 Å². The third-order valence-corrected chi connectivity index (χ3v) is 5.39. The molecule has 0 spiro atoms. The Hall–Kier alpha value is -4.12. The monoisotopic (exact) mass is 478 g/mol. The number of amides is 1. The lowest BCUT2D eigenvalue weighted by molar-refractivity contribution is -0.124. The van der Waals surface area contributed by atoms with Crippen LogP contribution in [-0.4, -0.2) is 63.7 Å². The van der Waals surface area contributed by atoms with Crippen LogP contribution < -0.4 is 25.4 Å². The van der Waals surface area contributed by atoms with Gasteiger partial charge in [0.25, 0.3) is 5.91 Å². The van der Waals surface area contributed by atoms with Crippen LogP contribution in [0.15, 0.2) is 42.6 Å². The van der Waals surface area contributed by atoms with Gasteiger partial charge >= 0.3 is 0 Å². The van der Waals surface area contributed by atoms with Gasteiger partial charge in [0.1, 0.15) is 0 Å². The third-order valence-electron chi connectivity index (χ3n) is 5.39. The maximum absolute atomic E-state index is 12.0. The summed E-state index contributed by atoms with van der Waals surface area (Å²) in [5, 5.41) is 21.8. The van der Waals surface area contributed by atoms with Crippen LogP contribution in [0.5, 0.6) is 11.5 Å². The van der Waals surface area contributed by atoms with Crippen molar-refractivity contribution >= 4 is 28.4 Å². The number of methoxy groups -OCH3 is 1. The largest absolute Gasteiger partial charge is 0.493 e. The minimum Gasteiger partial charge on any atom is -0.493 e. The van der Waals surface area contributed by atoms with Crippen molar-refractivity contribution in [3.63, 3.8) is 0 Å². The van der Waals surface area contributed by atoms with Gasteiger partial charge < -0.3 is 25.4 Å². The standard InChI is InChI=1S/C22H24N8O3.C2H6/c1-30-22(26-15-4-5-17-14(7-15)9-24-28-17)27-21(29-30)13-3-6-18(19(8-13)32-2)33-12-20(31)25-16-10-23-11-16;1-2/h3-9,16,23H,10-12H2,1-2H3,(H,24,28)(H,25,31)(H,26,27,29);1-2H3. The maximum atomic E-state index is 12.0. The van der Waals surface area contributed by atoms with E-state index in [1.807, 2.05) is 45.2 Å². The summed E-state index contributed by atoms with van der Waals surface area (Å²) in [4.78, 5) is 16.6. The highest BCUT2D eigenvalue weighted by atomic mass is 16.5. The van der Waals surface area contributed by atoms with Gasteiger partial charge in [0, 0.05) is 36.8 Å². The number of nitrogens with zero attached hydrogens (tertiary/aromatic N) is 4. The fourth-order valence-corrected chi connectivity index (χ4v) is 3.49. The van der Waals surface area contributed by atoms with E-state index in [1.165, 1.54) is 0 Å². The molecule has 1 fully saturated rings. The Morgan fingerprint density at radius 2 is 2.00 bits per heavy atom. The Morgan fingerprint density at radius 3 is 2.74 bits per heavy atom. The zero-order valence-corrected chi connectivity index (χ0v) is 20.3. The Kier molecular flexibility index (Phi) is 7.46. The number of carbonyl (C=O) groups is 1. The first-order valence-corrected chi connectivity index (χ1v) is 11.5. The molecule has 0 saturated carbocycles. The number of fused-ring (bicyclic) bond motifs is 1. The Morgan fingerprint density at radius 1 is 1.17 bits per heavy atom. The van der Waals surface area contributed by atoms with Gasteiger partial charge in [-0.1, -0.05) is 13.8 Å². The van der Waals surface area contributed by atoms with Crippen LogP contribution in [0.3, 0.4) is 0 Å². The van der Waals surface area contributed by atoms with Gasteiger partial charge in [0.15, 0.2) is 23.9 Å². The van der Waals surface area contributed by atoms with E-state index < -0.39 is 0 Å². The van der Waals surface area contributed by atoms with Gasteiger partial charge in [-0.2, -0.15) is 10.1 Å². The molecule has 1 amide bonds. The van der Waals surface area contributed by atoms with Crippen molar-refractivity contribution in [1.82, 2.24) is 35.6 Å².